The third kappa shape index (κ3) is 5.33. The first-order valence-corrected chi connectivity index (χ1v) is 10.3. The molecule has 0 radical (unpaired) electrons. The molecule has 0 spiro atoms. The Hall–Kier alpha value is -2.92. The lowest BCUT2D eigenvalue weighted by molar-refractivity contribution is -0.122. The average molecular weight is 389 g/mol. The minimum absolute atomic E-state index is 0.121. The van der Waals surface area contributed by atoms with Crippen molar-refractivity contribution in [2.45, 2.75) is 25.8 Å². The van der Waals surface area contributed by atoms with Crippen LogP contribution in [0.3, 0.4) is 0 Å². The molecule has 1 aliphatic heterocycles. The van der Waals surface area contributed by atoms with Crippen LogP contribution < -0.4 is 10.6 Å². The molecular weight excluding hydrogens is 362 g/mol. The van der Waals surface area contributed by atoms with Gasteiger partial charge in [-0.2, -0.15) is 0 Å². The number of hydrogen-bond acceptors (Lipinski definition) is 4. The van der Waals surface area contributed by atoms with Crippen LogP contribution >= 0.6 is 0 Å². The van der Waals surface area contributed by atoms with E-state index in [0.717, 1.165) is 48.5 Å². The van der Waals surface area contributed by atoms with Gasteiger partial charge in [0.15, 0.2) is 5.76 Å². The van der Waals surface area contributed by atoms with E-state index in [1.165, 1.54) is 0 Å². The molecule has 1 aromatic heterocycles. The van der Waals surface area contributed by atoms with Crippen molar-refractivity contribution in [2.24, 2.45) is 11.8 Å². The van der Waals surface area contributed by atoms with Gasteiger partial charge >= 0.3 is 0 Å². The van der Waals surface area contributed by atoms with Crippen LogP contribution in [0.5, 0.6) is 0 Å². The number of nitrogens with zero attached hydrogens (tertiary/aromatic N) is 1. The molecule has 5 nitrogen and oxygen atoms in total. The Bertz CT molecular complexity index is 908. The van der Waals surface area contributed by atoms with E-state index >= 15 is 0 Å². The van der Waals surface area contributed by atoms with Crippen LogP contribution in [0.2, 0.25) is 0 Å². The van der Waals surface area contributed by atoms with E-state index in [9.17, 15) is 4.79 Å². The predicted octanol–water partition coefficient (Wildman–Crippen LogP) is 3.82. The second kappa shape index (κ2) is 9.52. The van der Waals surface area contributed by atoms with Crippen LogP contribution in [0.15, 0.2) is 71.3 Å². The zero-order valence-corrected chi connectivity index (χ0v) is 16.5. The van der Waals surface area contributed by atoms with Crippen LogP contribution in [-0.4, -0.2) is 24.2 Å². The number of hydrogen-bond donors (Lipinski definition) is 2. The maximum absolute atomic E-state index is 12.5. The summed E-state index contributed by atoms with van der Waals surface area (Å²) in [4.78, 5) is 12.5. The van der Waals surface area contributed by atoms with Crippen molar-refractivity contribution in [2.75, 3.05) is 13.1 Å². The van der Waals surface area contributed by atoms with Crippen molar-refractivity contribution in [3.8, 4) is 11.3 Å². The molecule has 2 N–H and O–H groups in total. The van der Waals surface area contributed by atoms with Gasteiger partial charge < -0.3 is 15.2 Å². The summed E-state index contributed by atoms with van der Waals surface area (Å²) < 4.78 is 5.55. The maximum Gasteiger partial charge on any atom is 0.220 e. The zero-order valence-electron chi connectivity index (χ0n) is 16.5. The van der Waals surface area contributed by atoms with E-state index in [-0.39, 0.29) is 5.91 Å². The highest BCUT2D eigenvalue weighted by Crippen LogP contribution is 2.28. The monoisotopic (exact) mass is 389 g/mol. The Labute approximate surface area is 171 Å². The van der Waals surface area contributed by atoms with Gasteiger partial charge in [0.1, 0.15) is 0 Å². The van der Waals surface area contributed by atoms with Gasteiger partial charge in [-0.3, -0.25) is 4.79 Å². The van der Waals surface area contributed by atoms with Crippen LogP contribution in [0.4, 0.5) is 0 Å². The average Bonchev–Trinajstić information content (AvgIpc) is 3.24. The van der Waals surface area contributed by atoms with Crippen molar-refractivity contribution in [3.05, 3.63) is 78.0 Å². The first kappa shape index (κ1) is 19.4. The molecule has 2 atom stereocenters. The van der Waals surface area contributed by atoms with Gasteiger partial charge in [-0.15, -0.1) is 0 Å². The highest BCUT2D eigenvalue weighted by molar-refractivity contribution is 5.76. The lowest BCUT2D eigenvalue weighted by atomic mass is 9.81. The van der Waals surface area contributed by atoms with E-state index < -0.39 is 0 Å². The van der Waals surface area contributed by atoms with E-state index in [2.05, 4.69) is 15.8 Å². The van der Waals surface area contributed by atoms with Crippen molar-refractivity contribution < 1.29 is 9.32 Å². The fraction of sp³-hybridized carbons (Fsp3) is 0.333. The molecule has 150 valence electrons. The third-order valence-electron chi connectivity index (χ3n) is 5.63. The Morgan fingerprint density at radius 2 is 1.83 bits per heavy atom. The summed E-state index contributed by atoms with van der Waals surface area (Å²) >= 11 is 0. The molecule has 29 heavy (non-hydrogen) atoms. The van der Waals surface area contributed by atoms with Gasteiger partial charge in [-0.05, 0) is 43.3 Å². The summed E-state index contributed by atoms with van der Waals surface area (Å²) in [6, 6.07) is 22.1. The van der Waals surface area contributed by atoms with E-state index in [4.69, 9.17) is 4.52 Å². The fourth-order valence-corrected chi connectivity index (χ4v) is 4.01. The second-order valence-corrected chi connectivity index (χ2v) is 7.73. The smallest absolute Gasteiger partial charge is 0.220 e. The van der Waals surface area contributed by atoms with Crippen LogP contribution in [-0.2, 0) is 17.8 Å². The summed E-state index contributed by atoms with van der Waals surface area (Å²) in [5, 5.41) is 10.8. The molecular formula is C24H27N3O2. The van der Waals surface area contributed by atoms with Crippen LogP contribution in [0.1, 0.15) is 24.1 Å². The molecule has 0 unspecified atom stereocenters. The Balaban J connectivity index is 1.34. The molecule has 3 aromatic rings. The van der Waals surface area contributed by atoms with Gasteiger partial charge in [0.05, 0.1) is 5.69 Å². The van der Waals surface area contributed by atoms with E-state index in [0.29, 0.717) is 24.8 Å². The first-order valence-electron chi connectivity index (χ1n) is 10.3. The molecule has 2 aromatic carbocycles. The second-order valence-electron chi connectivity index (χ2n) is 7.73. The van der Waals surface area contributed by atoms with E-state index in [1.807, 2.05) is 66.7 Å². The molecule has 2 heterocycles. The standard InChI is InChI=1S/C24H27N3O2/c28-24(26-16-18-7-3-1-4-8-18)14-20-11-12-25-17-21(20)13-22-15-23(29-27-22)19-9-5-2-6-10-19/h1-10,15,20-21,25H,11-14,16-17H2,(H,26,28)/t20-,21+/m1/s1. The molecule has 0 bridgehead atoms. The Morgan fingerprint density at radius 1 is 1.07 bits per heavy atom. The molecule has 4 rings (SSSR count). The molecule has 1 saturated heterocycles. The van der Waals surface area contributed by atoms with Crippen molar-refractivity contribution in [3.63, 3.8) is 0 Å². The fourth-order valence-electron chi connectivity index (χ4n) is 4.01. The number of rotatable bonds is 7. The third-order valence-corrected chi connectivity index (χ3v) is 5.63. The number of carbonyl (C=O) groups is 1. The predicted molar refractivity (Wildman–Crippen MR) is 113 cm³/mol. The summed E-state index contributed by atoms with van der Waals surface area (Å²) in [6.45, 7) is 2.45. The van der Waals surface area contributed by atoms with Crippen LogP contribution in [0.25, 0.3) is 11.3 Å². The van der Waals surface area contributed by atoms with Gasteiger partial charge in [0, 0.05) is 24.6 Å². The molecule has 0 saturated carbocycles. The topological polar surface area (TPSA) is 67.2 Å². The maximum atomic E-state index is 12.5. The number of benzene rings is 2. The van der Waals surface area contributed by atoms with Gasteiger partial charge in [0.25, 0.3) is 0 Å². The van der Waals surface area contributed by atoms with Gasteiger partial charge in [0.2, 0.25) is 5.91 Å². The van der Waals surface area contributed by atoms with Crippen molar-refractivity contribution >= 4 is 5.91 Å². The van der Waals surface area contributed by atoms with Crippen molar-refractivity contribution in [1.29, 1.82) is 0 Å². The van der Waals surface area contributed by atoms with Crippen LogP contribution in [0, 0.1) is 11.8 Å². The number of nitrogens with one attached hydrogen (secondary N) is 2. The highest BCUT2D eigenvalue weighted by Gasteiger charge is 2.28. The lowest BCUT2D eigenvalue weighted by Gasteiger charge is -2.31. The summed E-state index contributed by atoms with van der Waals surface area (Å²) in [5.41, 5.74) is 3.11. The van der Waals surface area contributed by atoms with Crippen molar-refractivity contribution in [1.82, 2.24) is 15.8 Å². The summed E-state index contributed by atoms with van der Waals surface area (Å²) in [5.74, 6) is 1.64. The molecule has 1 aliphatic rings. The number of amides is 1. The Morgan fingerprint density at radius 3 is 2.62 bits per heavy atom. The lowest BCUT2D eigenvalue weighted by Crippen LogP contribution is -2.40. The number of piperidine rings is 1. The highest BCUT2D eigenvalue weighted by atomic mass is 16.5. The SMILES string of the molecule is O=C(C[C@H]1CCNC[C@@H]1Cc1cc(-c2ccccc2)on1)NCc1ccccc1. The van der Waals surface area contributed by atoms with Gasteiger partial charge in [-0.1, -0.05) is 65.8 Å². The Kier molecular flexibility index (Phi) is 6.37. The summed E-state index contributed by atoms with van der Waals surface area (Å²) in [6.07, 6.45) is 2.38. The minimum atomic E-state index is 0.121. The summed E-state index contributed by atoms with van der Waals surface area (Å²) in [7, 11) is 0. The molecule has 0 aliphatic carbocycles. The first-order chi connectivity index (χ1) is 14.3. The molecule has 5 heteroatoms. The largest absolute Gasteiger partial charge is 0.356 e. The normalized spacial score (nSPS) is 19.0. The molecule has 1 amide bonds. The van der Waals surface area contributed by atoms with E-state index in [1.54, 1.807) is 0 Å². The number of aromatic nitrogens is 1. The number of carbonyl (C=O) groups excluding carboxylic acids is 1. The zero-order chi connectivity index (χ0) is 19.9. The minimum Gasteiger partial charge on any atom is -0.356 e. The quantitative estimate of drug-likeness (QED) is 0.645. The van der Waals surface area contributed by atoms with Gasteiger partial charge in [-0.25, -0.2) is 0 Å². The molecule has 1 fully saturated rings.